The van der Waals surface area contributed by atoms with E-state index >= 15 is 0 Å². The number of aliphatic hydroxyl groups is 1. The fourth-order valence-electron chi connectivity index (χ4n) is 1.77. The zero-order valence-electron chi connectivity index (χ0n) is 13.4. The van der Waals surface area contributed by atoms with E-state index in [2.05, 4.69) is 4.74 Å². The number of hydrogen-bond donors (Lipinski definition) is 1. The number of hydrogen-bond acceptors (Lipinski definition) is 6. The van der Waals surface area contributed by atoms with Crippen LogP contribution in [-0.4, -0.2) is 42.1 Å². The maximum absolute atomic E-state index is 11.8. The lowest BCUT2D eigenvalue weighted by Gasteiger charge is -2.24. The summed E-state index contributed by atoms with van der Waals surface area (Å²) in [4.78, 5) is 34.8. The molecular weight excluding hydrogens is 288 g/mol. The molecule has 0 aromatic heterocycles. The fourth-order valence-corrected chi connectivity index (χ4v) is 1.77. The number of aliphatic hydroxyl groups excluding tert-OH is 1. The molecule has 1 N–H and O–H groups in total. The summed E-state index contributed by atoms with van der Waals surface area (Å²) in [6, 6.07) is 0. The van der Waals surface area contributed by atoms with Crippen molar-refractivity contribution in [3.8, 4) is 0 Å². The molecular formula is C16H24O6. The van der Waals surface area contributed by atoms with Gasteiger partial charge in [0.15, 0.2) is 6.10 Å². The molecule has 0 bridgehead atoms. The third-order valence-electron chi connectivity index (χ3n) is 3.15. The fraction of sp³-hybridized carbons (Fsp3) is 0.562. The van der Waals surface area contributed by atoms with Crippen LogP contribution in [0.4, 0.5) is 0 Å². The van der Waals surface area contributed by atoms with Crippen molar-refractivity contribution in [3.63, 3.8) is 0 Å². The Morgan fingerprint density at radius 2 is 1.86 bits per heavy atom. The highest BCUT2D eigenvalue weighted by Crippen LogP contribution is 2.17. The number of allylic oxidation sites excluding steroid dienone is 3. The van der Waals surface area contributed by atoms with Crippen LogP contribution in [0.5, 0.6) is 0 Å². The number of methoxy groups -OCH3 is 1. The van der Waals surface area contributed by atoms with Gasteiger partial charge in [-0.3, -0.25) is 4.79 Å². The Hall–Kier alpha value is -1.95. The van der Waals surface area contributed by atoms with Crippen LogP contribution in [0, 0.1) is 5.92 Å². The van der Waals surface area contributed by atoms with Crippen molar-refractivity contribution in [1.82, 2.24) is 0 Å². The van der Waals surface area contributed by atoms with Gasteiger partial charge in [0.05, 0.1) is 13.0 Å². The largest absolute Gasteiger partial charge is 0.467 e. The molecule has 124 valence electrons. The molecule has 0 aliphatic heterocycles. The van der Waals surface area contributed by atoms with Gasteiger partial charge in [0.1, 0.15) is 11.9 Å². The van der Waals surface area contributed by atoms with Crippen LogP contribution in [0.15, 0.2) is 24.3 Å². The van der Waals surface area contributed by atoms with E-state index in [9.17, 15) is 19.5 Å². The zero-order chi connectivity index (χ0) is 17.1. The van der Waals surface area contributed by atoms with Gasteiger partial charge >= 0.3 is 11.9 Å². The van der Waals surface area contributed by atoms with Crippen LogP contribution in [0.1, 0.15) is 33.6 Å². The number of ketones is 1. The lowest BCUT2D eigenvalue weighted by molar-refractivity contribution is -0.159. The SMILES string of the molecule is C/C=C/C=C/C(=O)OC(CC(O)C(=O)OC)C(C)C(=O)CC. The molecule has 22 heavy (non-hydrogen) atoms. The van der Waals surface area contributed by atoms with Crippen LogP contribution in [0.2, 0.25) is 0 Å². The number of esters is 2. The highest BCUT2D eigenvalue weighted by molar-refractivity contribution is 5.84. The topological polar surface area (TPSA) is 89.9 Å². The summed E-state index contributed by atoms with van der Waals surface area (Å²) in [6.45, 7) is 5.09. The van der Waals surface area contributed by atoms with E-state index in [1.807, 2.05) is 0 Å². The molecule has 0 rings (SSSR count). The Labute approximate surface area is 130 Å². The lowest BCUT2D eigenvalue weighted by atomic mass is 9.93. The monoisotopic (exact) mass is 312 g/mol. The minimum atomic E-state index is -1.45. The van der Waals surface area contributed by atoms with E-state index in [0.717, 1.165) is 7.11 Å². The van der Waals surface area contributed by atoms with Crippen molar-refractivity contribution in [2.24, 2.45) is 5.92 Å². The second kappa shape index (κ2) is 10.7. The number of rotatable bonds is 9. The van der Waals surface area contributed by atoms with Crippen LogP contribution >= 0.6 is 0 Å². The Kier molecular flexibility index (Phi) is 9.78. The third kappa shape index (κ3) is 7.17. The van der Waals surface area contributed by atoms with E-state index in [-0.39, 0.29) is 18.6 Å². The predicted molar refractivity (Wildman–Crippen MR) is 80.9 cm³/mol. The molecule has 0 aliphatic carbocycles. The van der Waals surface area contributed by atoms with Gasteiger partial charge in [-0.25, -0.2) is 9.59 Å². The van der Waals surface area contributed by atoms with Crippen molar-refractivity contribution in [3.05, 3.63) is 24.3 Å². The summed E-state index contributed by atoms with van der Waals surface area (Å²) < 4.78 is 9.63. The van der Waals surface area contributed by atoms with Crippen molar-refractivity contribution >= 4 is 17.7 Å². The van der Waals surface area contributed by atoms with E-state index in [4.69, 9.17) is 4.74 Å². The summed E-state index contributed by atoms with van der Waals surface area (Å²) in [5.74, 6) is -2.21. The van der Waals surface area contributed by atoms with Crippen LogP contribution in [0.25, 0.3) is 0 Å². The normalized spacial score (nSPS) is 15.5. The van der Waals surface area contributed by atoms with Gasteiger partial charge in [-0.05, 0) is 6.92 Å². The molecule has 6 nitrogen and oxygen atoms in total. The summed E-state index contributed by atoms with van der Waals surface area (Å²) in [6.07, 6.45) is 3.84. The molecule has 0 aromatic rings. The molecule has 0 fully saturated rings. The standard InChI is InChI=1S/C16H24O6/c1-5-7-8-9-15(19)22-14(11(3)12(17)6-2)10-13(18)16(20)21-4/h5,7-9,11,13-14,18H,6,10H2,1-4H3/b7-5+,9-8+. The quantitative estimate of drug-likeness (QED) is 0.395. The van der Waals surface area contributed by atoms with Gasteiger partial charge in [-0.1, -0.05) is 32.1 Å². The molecule has 0 saturated heterocycles. The smallest absolute Gasteiger partial charge is 0.334 e. The van der Waals surface area contributed by atoms with E-state index in [1.54, 1.807) is 32.9 Å². The minimum absolute atomic E-state index is 0.118. The highest BCUT2D eigenvalue weighted by atomic mass is 16.5. The average Bonchev–Trinajstić information content (AvgIpc) is 2.51. The number of carbonyl (C=O) groups is 3. The van der Waals surface area contributed by atoms with Crippen LogP contribution in [-0.2, 0) is 23.9 Å². The summed E-state index contributed by atoms with van der Waals surface area (Å²) >= 11 is 0. The molecule has 0 saturated carbocycles. The number of Topliss-reactive ketones (excluding diaryl/α,β-unsaturated/α-hetero) is 1. The van der Waals surface area contributed by atoms with Crippen molar-refractivity contribution < 1.29 is 29.0 Å². The maximum Gasteiger partial charge on any atom is 0.334 e. The molecule has 0 heterocycles. The maximum atomic E-state index is 11.8. The second-order valence-corrected chi connectivity index (χ2v) is 4.74. The van der Waals surface area contributed by atoms with Crippen LogP contribution in [0.3, 0.4) is 0 Å². The third-order valence-corrected chi connectivity index (χ3v) is 3.15. The van der Waals surface area contributed by atoms with Crippen molar-refractivity contribution in [2.45, 2.75) is 45.8 Å². The zero-order valence-corrected chi connectivity index (χ0v) is 13.4. The first-order valence-corrected chi connectivity index (χ1v) is 7.15. The van der Waals surface area contributed by atoms with Gasteiger partial charge in [0.2, 0.25) is 0 Å². The lowest BCUT2D eigenvalue weighted by Crippen LogP contribution is -2.36. The number of ether oxygens (including phenoxy) is 2. The molecule has 0 aliphatic rings. The molecule has 0 spiro atoms. The summed E-state index contributed by atoms with van der Waals surface area (Å²) in [5.41, 5.74) is 0. The van der Waals surface area contributed by atoms with Crippen LogP contribution < -0.4 is 0 Å². The molecule has 0 radical (unpaired) electrons. The van der Waals surface area contributed by atoms with Gasteiger partial charge in [-0.2, -0.15) is 0 Å². The predicted octanol–water partition coefficient (Wildman–Crippen LogP) is 1.57. The van der Waals surface area contributed by atoms with E-state index in [1.165, 1.54) is 12.2 Å². The Balaban J connectivity index is 4.96. The second-order valence-electron chi connectivity index (χ2n) is 4.74. The summed E-state index contributed by atoms with van der Waals surface area (Å²) in [7, 11) is 1.15. The van der Waals surface area contributed by atoms with Gasteiger partial charge < -0.3 is 14.6 Å². The first-order valence-electron chi connectivity index (χ1n) is 7.15. The highest BCUT2D eigenvalue weighted by Gasteiger charge is 2.30. The van der Waals surface area contributed by atoms with Gasteiger partial charge in [0.25, 0.3) is 0 Å². The Bertz CT molecular complexity index is 438. The van der Waals surface area contributed by atoms with Gasteiger partial charge in [0, 0.05) is 18.9 Å². The number of carbonyl (C=O) groups excluding carboxylic acids is 3. The average molecular weight is 312 g/mol. The molecule has 0 aromatic carbocycles. The first kappa shape index (κ1) is 20.1. The Morgan fingerprint density at radius 1 is 1.23 bits per heavy atom. The molecule has 6 heteroatoms. The molecule has 0 amide bonds. The van der Waals surface area contributed by atoms with E-state index in [0.29, 0.717) is 0 Å². The van der Waals surface area contributed by atoms with E-state index < -0.39 is 30.1 Å². The molecule has 3 atom stereocenters. The van der Waals surface area contributed by atoms with Crippen molar-refractivity contribution in [2.75, 3.05) is 7.11 Å². The first-order chi connectivity index (χ1) is 10.4. The Morgan fingerprint density at radius 3 is 2.36 bits per heavy atom. The minimum Gasteiger partial charge on any atom is -0.467 e. The summed E-state index contributed by atoms with van der Waals surface area (Å²) in [5, 5.41) is 9.71. The molecule has 3 unspecified atom stereocenters. The van der Waals surface area contributed by atoms with Crippen molar-refractivity contribution in [1.29, 1.82) is 0 Å². The van der Waals surface area contributed by atoms with Gasteiger partial charge in [-0.15, -0.1) is 0 Å².